The number of carbonyl (C=O) groups is 2. The lowest BCUT2D eigenvalue weighted by molar-refractivity contribution is -0.143. The van der Waals surface area contributed by atoms with Crippen LogP contribution in [-0.2, 0) is 14.8 Å². The Kier molecular flexibility index (Phi) is 5.62. The van der Waals surface area contributed by atoms with Crippen molar-refractivity contribution in [1.29, 1.82) is 0 Å². The minimum absolute atomic E-state index is 0.0409. The van der Waals surface area contributed by atoms with Crippen molar-refractivity contribution in [3.8, 4) is 0 Å². The molecular weight excluding hydrogens is 356 g/mol. The van der Waals surface area contributed by atoms with Gasteiger partial charge in [-0.05, 0) is 50.3 Å². The second-order valence-corrected chi connectivity index (χ2v) is 8.69. The molecule has 2 aliphatic rings. The van der Waals surface area contributed by atoms with E-state index in [0.717, 1.165) is 38.5 Å². The van der Waals surface area contributed by atoms with Crippen LogP contribution in [0, 0.1) is 0 Å². The Morgan fingerprint density at radius 1 is 1.08 bits per heavy atom. The van der Waals surface area contributed by atoms with Crippen LogP contribution in [0.4, 0.5) is 0 Å². The van der Waals surface area contributed by atoms with Crippen LogP contribution in [0.1, 0.15) is 55.3 Å². The highest BCUT2D eigenvalue weighted by molar-refractivity contribution is 7.89. The normalized spacial score (nSPS) is 21.7. The molecule has 1 saturated heterocycles. The molecule has 0 aromatic heterocycles. The van der Waals surface area contributed by atoms with Gasteiger partial charge in [-0.2, -0.15) is 0 Å². The van der Waals surface area contributed by atoms with Crippen LogP contribution in [-0.4, -0.2) is 48.9 Å². The maximum atomic E-state index is 12.8. The summed E-state index contributed by atoms with van der Waals surface area (Å²) in [6.07, 6.45) is 5.60. The summed E-state index contributed by atoms with van der Waals surface area (Å²) >= 11 is 0. The first-order valence-corrected chi connectivity index (χ1v) is 10.5. The molecule has 1 atom stereocenters. The van der Waals surface area contributed by atoms with Gasteiger partial charge in [0.1, 0.15) is 6.04 Å². The van der Waals surface area contributed by atoms with Crippen LogP contribution in [0.5, 0.6) is 0 Å². The number of amides is 1. The maximum absolute atomic E-state index is 12.8. The van der Waals surface area contributed by atoms with Crippen molar-refractivity contribution in [2.45, 2.75) is 61.9 Å². The Morgan fingerprint density at radius 2 is 1.77 bits per heavy atom. The largest absolute Gasteiger partial charge is 0.480 e. The smallest absolute Gasteiger partial charge is 0.326 e. The van der Waals surface area contributed by atoms with E-state index in [0.29, 0.717) is 13.0 Å². The summed E-state index contributed by atoms with van der Waals surface area (Å²) in [5, 5.41) is 9.35. The number of likely N-dealkylation sites (tertiary alicyclic amines) is 1. The SMILES string of the molecule is O=C(O)C1CCCCN1C(=O)c1cccc(S(=O)(=O)NC2CCCC2)c1. The van der Waals surface area contributed by atoms with E-state index in [-0.39, 0.29) is 16.5 Å². The molecule has 26 heavy (non-hydrogen) atoms. The van der Waals surface area contributed by atoms with Gasteiger partial charge in [0, 0.05) is 18.2 Å². The average molecular weight is 380 g/mol. The van der Waals surface area contributed by atoms with E-state index in [4.69, 9.17) is 0 Å². The third-order valence-corrected chi connectivity index (χ3v) is 6.64. The lowest BCUT2D eigenvalue weighted by Crippen LogP contribution is -2.48. The maximum Gasteiger partial charge on any atom is 0.326 e. The number of piperidine rings is 1. The molecule has 1 unspecified atom stereocenters. The second-order valence-electron chi connectivity index (χ2n) is 6.98. The predicted octanol–water partition coefficient (Wildman–Crippen LogP) is 1.99. The van der Waals surface area contributed by atoms with E-state index >= 15 is 0 Å². The molecule has 3 rings (SSSR count). The van der Waals surface area contributed by atoms with Gasteiger partial charge in [-0.25, -0.2) is 17.9 Å². The molecule has 8 heteroatoms. The van der Waals surface area contributed by atoms with E-state index in [1.807, 2.05) is 0 Å². The quantitative estimate of drug-likeness (QED) is 0.813. The fourth-order valence-corrected chi connectivity index (χ4v) is 5.08. The molecule has 1 aliphatic heterocycles. The first-order chi connectivity index (χ1) is 12.4. The van der Waals surface area contributed by atoms with Crippen LogP contribution >= 0.6 is 0 Å². The van der Waals surface area contributed by atoms with Crippen LogP contribution < -0.4 is 4.72 Å². The zero-order chi connectivity index (χ0) is 18.7. The number of carboxylic acids is 1. The van der Waals surface area contributed by atoms with Gasteiger partial charge in [0.05, 0.1) is 4.90 Å². The van der Waals surface area contributed by atoms with Crippen molar-refractivity contribution in [1.82, 2.24) is 9.62 Å². The Bertz CT molecular complexity index is 787. The van der Waals surface area contributed by atoms with E-state index in [1.165, 1.54) is 29.2 Å². The van der Waals surface area contributed by atoms with Gasteiger partial charge >= 0.3 is 5.97 Å². The molecule has 142 valence electrons. The van der Waals surface area contributed by atoms with Gasteiger partial charge in [-0.15, -0.1) is 0 Å². The van der Waals surface area contributed by atoms with Gasteiger partial charge in [0.25, 0.3) is 5.91 Å². The minimum atomic E-state index is -3.70. The fourth-order valence-electron chi connectivity index (χ4n) is 3.72. The van der Waals surface area contributed by atoms with Gasteiger partial charge in [0.15, 0.2) is 0 Å². The van der Waals surface area contributed by atoms with Gasteiger partial charge in [-0.1, -0.05) is 18.9 Å². The number of carboxylic acid groups (broad SMARTS) is 1. The number of rotatable bonds is 5. The highest BCUT2D eigenvalue weighted by Crippen LogP contribution is 2.23. The summed E-state index contributed by atoms with van der Waals surface area (Å²) in [5.74, 6) is -1.46. The number of benzene rings is 1. The summed E-state index contributed by atoms with van der Waals surface area (Å²) in [6.45, 7) is 0.368. The number of nitrogens with one attached hydrogen (secondary N) is 1. The van der Waals surface area contributed by atoms with Crippen LogP contribution in [0.2, 0.25) is 0 Å². The molecule has 2 N–H and O–H groups in total. The number of aliphatic carboxylic acids is 1. The topological polar surface area (TPSA) is 104 Å². The molecule has 1 heterocycles. The van der Waals surface area contributed by atoms with Gasteiger partial charge < -0.3 is 10.0 Å². The number of nitrogens with zero attached hydrogens (tertiary/aromatic N) is 1. The summed E-state index contributed by atoms with van der Waals surface area (Å²) in [5.41, 5.74) is 0.201. The predicted molar refractivity (Wildman–Crippen MR) is 95.3 cm³/mol. The number of hydrogen-bond donors (Lipinski definition) is 2. The van der Waals surface area contributed by atoms with Crippen molar-refractivity contribution < 1.29 is 23.1 Å². The molecular formula is C18H24N2O5S. The van der Waals surface area contributed by atoms with Crippen molar-refractivity contribution in [3.05, 3.63) is 29.8 Å². The summed E-state index contributed by atoms with van der Waals surface area (Å²) in [4.78, 5) is 25.6. The molecule has 0 spiro atoms. The summed E-state index contributed by atoms with van der Waals surface area (Å²) in [6, 6.07) is 4.94. The molecule has 1 aromatic rings. The van der Waals surface area contributed by atoms with Crippen molar-refractivity contribution >= 4 is 21.9 Å². The van der Waals surface area contributed by atoms with E-state index < -0.39 is 27.9 Å². The summed E-state index contributed by atoms with van der Waals surface area (Å²) < 4.78 is 27.9. The molecule has 7 nitrogen and oxygen atoms in total. The highest BCUT2D eigenvalue weighted by atomic mass is 32.2. The van der Waals surface area contributed by atoms with Crippen LogP contribution in [0.3, 0.4) is 0 Å². The third-order valence-electron chi connectivity index (χ3n) is 5.12. The first kappa shape index (κ1) is 18.8. The average Bonchev–Trinajstić information content (AvgIpc) is 3.13. The molecule has 2 fully saturated rings. The molecule has 1 amide bonds. The van der Waals surface area contributed by atoms with Gasteiger partial charge in [-0.3, -0.25) is 4.79 Å². The highest BCUT2D eigenvalue weighted by Gasteiger charge is 2.33. The lowest BCUT2D eigenvalue weighted by atomic mass is 10.0. The van der Waals surface area contributed by atoms with Crippen molar-refractivity contribution in [2.24, 2.45) is 0 Å². The van der Waals surface area contributed by atoms with Crippen molar-refractivity contribution in [3.63, 3.8) is 0 Å². The molecule has 0 bridgehead atoms. The minimum Gasteiger partial charge on any atom is -0.480 e. The van der Waals surface area contributed by atoms with E-state index in [9.17, 15) is 23.1 Å². The Hall–Kier alpha value is -1.93. The van der Waals surface area contributed by atoms with Crippen LogP contribution in [0.15, 0.2) is 29.2 Å². The lowest BCUT2D eigenvalue weighted by Gasteiger charge is -2.33. The van der Waals surface area contributed by atoms with Gasteiger partial charge in [0.2, 0.25) is 10.0 Å². The fraction of sp³-hybridized carbons (Fsp3) is 0.556. The van der Waals surface area contributed by atoms with Crippen molar-refractivity contribution in [2.75, 3.05) is 6.54 Å². The Morgan fingerprint density at radius 3 is 2.46 bits per heavy atom. The second kappa shape index (κ2) is 7.75. The number of hydrogen-bond acceptors (Lipinski definition) is 4. The van der Waals surface area contributed by atoms with E-state index in [1.54, 1.807) is 0 Å². The number of carbonyl (C=O) groups excluding carboxylic acids is 1. The molecule has 1 saturated carbocycles. The number of sulfonamides is 1. The zero-order valence-electron chi connectivity index (χ0n) is 14.6. The third kappa shape index (κ3) is 4.07. The molecule has 0 radical (unpaired) electrons. The van der Waals surface area contributed by atoms with Crippen LogP contribution in [0.25, 0.3) is 0 Å². The van der Waals surface area contributed by atoms with E-state index in [2.05, 4.69) is 4.72 Å². The summed E-state index contributed by atoms with van der Waals surface area (Å²) in [7, 11) is -3.70. The first-order valence-electron chi connectivity index (χ1n) is 9.04. The zero-order valence-corrected chi connectivity index (χ0v) is 15.4. The standard InChI is InChI=1S/C18H24N2O5S/c21-17(20-11-4-3-10-16(20)18(22)23)13-6-5-9-15(12-13)26(24,25)19-14-7-1-2-8-14/h5-6,9,12,14,16,19H,1-4,7-8,10-11H2,(H,22,23). The monoisotopic (exact) mass is 380 g/mol. The molecule has 1 aromatic carbocycles. The molecule has 1 aliphatic carbocycles. The Labute approximate surface area is 153 Å². The Balaban J connectivity index is 1.81.